The molecule has 0 saturated heterocycles. The highest BCUT2D eigenvalue weighted by Crippen LogP contribution is 2.23. The Morgan fingerprint density at radius 1 is 1.27 bits per heavy atom. The molecule has 1 aliphatic carbocycles. The van der Waals surface area contributed by atoms with E-state index in [9.17, 15) is 5.11 Å². The standard InChI is InChI=1S/C13H27NO/c1-11(15)9-13(2,3)10-14-12-7-5-4-6-8-12/h11-12,14-15H,4-10H2,1-3H3. The number of hydrogen-bond donors (Lipinski definition) is 2. The molecule has 1 saturated carbocycles. The van der Waals surface area contributed by atoms with Gasteiger partial charge in [-0.15, -0.1) is 0 Å². The summed E-state index contributed by atoms with van der Waals surface area (Å²) in [5.74, 6) is 0. The molecule has 1 rings (SSSR count). The molecule has 0 aromatic rings. The number of hydrogen-bond acceptors (Lipinski definition) is 2. The third kappa shape index (κ3) is 5.53. The van der Waals surface area contributed by atoms with Crippen LogP contribution in [0.1, 0.15) is 59.3 Å². The summed E-state index contributed by atoms with van der Waals surface area (Å²) in [5, 5.41) is 13.1. The fraction of sp³-hybridized carbons (Fsp3) is 1.00. The zero-order chi connectivity index (χ0) is 11.3. The predicted octanol–water partition coefficient (Wildman–Crippen LogP) is 2.71. The van der Waals surface area contributed by atoms with Crippen molar-refractivity contribution >= 4 is 0 Å². The van der Waals surface area contributed by atoms with Crippen molar-refractivity contribution in [2.24, 2.45) is 5.41 Å². The lowest BCUT2D eigenvalue weighted by Gasteiger charge is -2.31. The van der Waals surface area contributed by atoms with Crippen molar-refractivity contribution in [3.8, 4) is 0 Å². The SMILES string of the molecule is CC(O)CC(C)(C)CNC1CCCCC1. The second-order valence-electron chi connectivity index (χ2n) is 5.93. The monoisotopic (exact) mass is 213 g/mol. The molecule has 1 fully saturated rings. The first-order valence-electron chi connectivity index (χ1n) is 6.41. The van der Waals surface area contributed by atoms with Gasteiger partial charge in [0.05, 0.1) is 6.10 Å². The molecular weight excluding hydrogens is 186 g/mol. The summed E-state index contributed by atoms with van der Waals surface area (Å²) in [6.07, 6.45) is 7.55. The summed E-state index contributed by atoms with van der Waals surface area (Å²) < 4.78 is 0. The highest BCUT2D eigenvalue weighted by Gasteiger charge is 2.22. The molecule has 90 valence electrons. The fourth-order valence-electron chi connectivity index (χ4n) is 2.60. The van der Waals surface area contributed by atoms with Crippen LogP contribution in [-0.4, -0.2) is 23.8 Å². The lowest BCUT2D eigenvalue weighted by atomic mass is 9.86. The Morgan fingerprint density at radius 2 is 1.87 bits per heavy atom. The highest BCUT2D eigenvalue weighted by atomic mass is 16.3. The van der Waals surface area contributed by atoms with E-state index in [1.165, 1.54) is 32.1 Å². The summed E-state index contributed by atoms with van der Waals surface area (Å²) >= 11 is 0. The van der Waals surface area contributed by atoms with Gasteiger partial charge in [-0.2, -0.15) is 0 Å². The van der Waals surface area contributed by atoms with E-state index in [0.717, 1.165) is 19.0 Å². The Balaban J connectivity index is 2.21. The van der Waals surface area contributed by atoms with Gasteiger partial charge in [0.1, 0.15) is 0 Å². The Bertz CT molecular complexity index is 171. The minimum absolute atomic E-state index is 0.187. The van der Waals surface area contributed by atoms with Crippen LogP contribution < -0.4 is 5.32 Å². The van der Waals surface area contributed by atoms with Gasteiger partial charge in [0.25, 0.3) is 0 Å². The second kappa shape index (κ2) is 5.86. The highest BCUT2D eigenvalue weighted by molar-refractivity contribution is 4.78. The normalized spacial score (nSPS) is 21.6. The van der Waals surface area contributed by atoms with Crippen molar-refractivity contribution in [2.45, 2.75) is 71.4 Å². The van der Waals surface area contributed by atoms with Gasteiger partial charge in [-0.25, -0.2) is 0 Å². The molecule has 0 aromatic heterocycles. The van der Waals surface area contributed by atoms with E-state index in [0.29, 0.717) is 0 Å². The van der Waals surface area contributed by atoms with Crippen LogP contribution in [0.2, 0.25) is 0 Å². The maximum atomic E-state index is 9.40. The maximum Gasteiger partial charge on any atom is 0.0517 e. The molecular formula is C13H27NO. The lowest BCUT2D eigenvalue weighted by molar-refractivity contribution is 0.125. The molecule has 0 aliphatic heterocycles. The molecule has 2 nitrogen and oxygen atoms in total. The van der Waals surface area contributed by atoms with E-state index in [-0.39, 0.29) is 11.5 Å². The van der Waals surface area contributed by atoms with Gasteiger partial charge >= 0.3 is 0 Å². The van der Waals surface area contributed by atoms with Crippen LogP contribution in [-0.2, 0) is 0 Å². The smallest absolute Gasteiger partial charge is 0.0517 e. The number of rotatable bonds is 5. The third-order valence-corrected chi connectivity index (χ3v) is 3.32. The first kappa shape index (κ1) is 13.0. The summed E-state index contributed by atoms with van der Waals surface area (Å²) in [7, 11) is 0. The molecule has 0 radical (unpaired) electrons. The lowest BCUT2D eigenvalue weighted by Crippen LogP contribution is -2.39. The molecule has 2 N–H and O–H groups in total. The number of aliphatic hydroxyl groups is 1. The molecule has 0 spiro atoms. The van der Waals surface area contributed by atoms with Crippen LogP contribution in [0.4, 0.5) is 0 Å². The fourth-order valence-corrected chi connectivity index (χ4v) is 2.60. The van der Waals surface area contributed by atoms with E-state index >= 15 is 0 Å². The predicted molar refractivity (Wildman–Crippen MR) is 65.0 cm³/mol. The first-order chi connectivity index (χ1) is 6.99. The van der Waals surface area contributed by atoms with Crippen LogP contribution in [0.3, 0.4) is 0 Å². The molecule has 1 unspecified atom stereocenters. The van der Waals surface area contributed by atoms with Gasteiger partial charge in [-0.3, -0.25) is 0 Å². The largest absolute Gasteiger partial charge is 0.393 e. The Kier molecular flexibility index (Phi) is 5.07. The van der Waals surface area contributed by atoms with Crippen molar-refractivity contribution in [1.29, 1.82) is 0 Å². The van der Waals surface area contributed by atoms with Gasteiger partial charge in [0.2, 0.25) is 0 Å². The van der Waals surface area contributed by atoms with E-state index in [4.69, 9.17) is 0 Å². The van der Waals surface area contributed by atoms with Gasteiger partial charge in [0, 0.05) is 12.6 Å². The van der Waals surface area contributed by atoms with Crippen LogP contribution >= 0.6 is 0 Å². The van der Waals surface area contributed by atoms with Crippen LogP contribution in [0.15, 0.2) is 0 Å². The van der Waals surface area contributed by atoms with Crippen LogP contribution in [0.5, 0.6) is 0 Å². The molecule has 1 aliphatic rings. The average Bonchev–Trinajstić information content (AvgIpc) is 2.15. The van der Waals surface area contributed by atoms with Crippen molar-refractivity contribution in [1.82, 2.24) is 5.32 Å². The van der Waals surface area contributed by atoms with Gasteiger partial charge in [-0.1, -0.05) is 33.1 Å². The second-order valence-corrected chi connectivity index (χ2v) is 5.93. The number of nitrogens with one attached hydrogen (secondary N) is 1. The van der Waals surface area contributed by atoms with Gasteiger partial charge in [0.15, 0.2) is 0 Å². The van der Waals surface area contributed by atoms with Crippen LogP contribution in [0.25, 0.3) is 0 Å². The quantitative estimate of drug-likeness (QED) is 0.736. The summed E-state index contributed by atoms with van der Waals surface area (Å²) in [4.78, 5) is 0. The van der Waals surface area contributed by atoms with Crippen molar-refractivity contribution < 1.29 is 5.11 Å². The van der Waals surface area contributed by atoms with E-state index < -0.39 is 0 Å². The van der Waals surface area contributed by atoms with Crippen molar-refractivity contribution in [2.75, 3.05) is 6.54 Å². The van der Waals surface area contributed by atoms with Crippen molar-refractivity contribution in [3.05, 3.63) is 0 Å². The maximum absolute atomic E-state index is 9.40. The van der Waals surface area contributed by atoms with E-state index in [2.05, 4.69) is 19.2 Å². The minimum Gasteiger partial charge on any atom is -0.393 e. The average molecular weight is 213 g/mol. The van der Waals surface area contributed by atoms with Gasteiger partial charge < -0.3 is 10.4 Å². The Morgan fingerprint density at radius 3 is 2.40 bits per heavy atom. The van der Waals surface area contributed by atoms with Gasteiger partial charge in [-0.05, 0) is 31.6 Å². The molecule has 0 bridgehead atoms. The Labute approximate surface area is 94.5 Å². The molecule has 0 aromatic carbocycles. The molecule has 0 heterocycles. The molecule has 2 heteroatoms. The van der Waals surface area contributed by atoms with Crippen molar-refractivity contribution in [3.63, 3.8) is 0 Å². The zero-order valence-corrected chi connectivity index (χ0v) is 10.6. The minimum atomic E-state index is -0.187. The Hall–Kier alpha value is -0.0800. The summed E-state index contributed by atoms with van der Waals surface area (Å²) in [6, 6.07) is 0.729. The van der Waals surface area contributed by atoms with E-state index in [1.807, 2.05) is 6.92 Å². The number of aliphatic hydroxyl groups excluding tert-OH is 1. The third-order valence-electron chi connectivity index (χ3n) is 3.32. The molecule has 1 atom stereocenters. The zero-order valence-electron chi connectivity index (χ0n) is 10.6. The van der Waals surface area contributed by atoms with Crippen LogP contribution in [0, 0.1) is 5.41 Å². The molecule has 15 heavy (non-hydrogen) atoms. The molecule has 0 amide bonds. The topological polar surface area (TPSA) is 32.3 Å². The van der Waals surface area contributed by atoms with E-state index in [1.54, 1.807) is 0 Å². The summed E-state index contributed by atoms with van der Waals surface area (Å²) in [5.41, 5.74) is 0.214. The summed E-state index contributed by atoms with van der Waals surface area (Å²) in [6.45, 7) is 7.37. The first-order valence-corrected chi connectivity index (χ1v) is 6.41.